The van der Waals surface area contributed by atoms with Crippen LogP contribution in [-0.2, 0) is 15.3 Å². The number of thioether (sulfide) groups is 1. The van der Waals surface area contributed by atoms with Crippen LogP contribution in [0.25, 0.3) is 5.57 Å². The van der Waals surface area contributed by atoms with Gasteiger partial charge in [0.2, 0.25) is 5.91 Å². The van der Waals surface area contributed by atoms with E-state index in [1.54, 1.807) is 48.5 Å². The Morgan fingerprint density at radius 2 is 1.79 bits per heavy atom. The first-order chi connectivity index (χ1) is 16.2. The van der Waals surface area contributed by atoms with Crippen molar-refractivity contribution in [1.82, 2.24) is 4.90 Å². The van der Waals surface area contributed by atoms with Crippen molar-refractivity contribution in [2.45, 2.75) is 18.0 Å². The number of carbonyl (C=O) groups excluding carboxylic acids is 1. The van der Waals surface area contributed by atoms with Crippen molar-refractivity contribution in [1.29, 1.82) is 0 Å². The van der Waals surface area contributed by atoms with Gasteiger partial charge in [-0.1, -0.05) is 30.3 Å². The Bertz CT molecular complexity index is 1060. The zero-order valence-electron chi connectivity index (χ0n) is 18.5. The molecule has 34 heavy (non-hydrogen) atoms. The van der Waals surface area contributed by atoms with E-state index in [0.717, 1.165) is 22.2 Å². The van der Waals surface area contributed by atoms with Crippen LogP contribution in [0.3, 0.4) is 0 Å². The molecule has 1 aliphatic heterocycles. The predicted octanol–water partition coefficient (Wildman–Crippen LogP) is 4.49. The quantitative estimate of drug-likeness (QED) is 0.552. The van der Waals surface area contributed by atoms with Crippen LogP contribution in [0.4, 0.5) is 13.2 Å². The maximum Gasteiger partial charge on any atom is 0.401 e. The van der Waals surface area contributed by atoms with Gasteiger partial charge in [-0.2, -0.15) is 24.9 Å². The Morgan fingerprint density at radius 3 is 2.38 bits per heavy atom. The summed E-state index contributed by atoms with van der Waals surface area (Å²) in [6, 6.07) is 12.1. The molecule has 6 nitrogen and oxygen atoms in total. The minimum Gasteiger partial charge on any atom is -0.497 e. The highest BCUT2D eigenvalue weighted by molar-refractivity contribution is 7.98. The zero-order valence-corrected chi connectivity index (χ0v) is 19.4. The lowest BCUT2D eigenvalue weighted by molar-refractivity contribution is -0.186. The van der Waals surface area contributed by atoms with E-state index in [0.29, 0.717) is 22.6 Å². The number of para-hydroxylation sites is 1. The molecule has 0 saturated carbocycles. The molecule has 1 amide bonds. The number of carboxylic acid groups (broad SMARTS) is 1. The van der Waals surface area contributed by atoms with Crippen molar-refractivity contribution in [3.8, 4) is 11.5 Å². The first-order valence-corrected chi connectivity index (χ1v) is 11.5. The van der Waals surface area contributed by atoms with Crippen LogP contribution < -0.4 is 9.47 Å². The molecule has 2 aromatic rings. The summed E-state index contributed by atoms with van der Waals surface area (Å²) >= 11 is 0.962. The van der Waals surface area contributed by atoms with Crippen LogP contribution in [-0.4, -0.2) is 60.6 Å². The lowest BCUT2D eigenvalue weighted by Gasteiger charge is -2.28. The SMILES string of the molecule is COc1ccc(CSCC(C(=O)N2CC(c3ccccc3OC)=CC2C(=O)O)C(F)(F)F)cc1. The lowest BCUT2D eigenvalue weighted by Crippen LogP contribution is -2.48. The molecule has 1 N–H and O–H groups in total. The highest BCUT2D eigenvalue weighted by Crippen LogP contribution is 2.36. The van der Waals surface area contributed by atoms with Gasteiger partial charge < -0.3 is 19.5 Å². The molecule has 2 atom stereocenters. The monoisotopic (exact) mass is 495 g/mol. The average Bonchev–Trinajstić information content (AvgIpc) is 3.27. The third kappa shape index (κ3) is 5.85. The number of benzene rings is 2. The molecule has 1 heterocycles. The Balaban J connectivity index is 1.76. The number of methoxy groups -OCH3 is 2. The van der Waals surface area contributed by atoms with Crippen molar-refractivity contribution < 1.29 is 37.3 Å². The molecule has 0 spiro atoms. The molecular weight excluding hydrogens is 471 g/mol. The predicted molar refractivity (Wildman–Crippen MR) is 123 cm³/mol. The number of ether oxygens (including phenoxy) is 2. The molecule has 0 saturated heterocycles. The number of hydrogen-bond donors (Lipinski definition) is 1. The molecule has 0 radical (unpaired) electrons. The molecule has 0 aliphatic carbocycles. The van der Waals surface area contributed by atoms with Gasteiger partial charge in [0.25, 0.3) is 0 Å². The van der Waals surface area contributed by atoms with Gasteiger partial charge in [0.05, 0.1) is 14.2 Å². The second-order valence-electron chi connectivity index (χ2n) is 7.60. The van der Waals surface area contributed by atoms with Gasteiger partial charge in [-0.25, -0.2) is 4.79 Å². The Morgan fingerprint density at radius 1 is 1.12 bits per heavy atom. The van der Waals surface area contributed by atoms with E-state index in [1.807, 2.05) is 0 Å². The van der Waals surface area contributed by atoms with Crippen molar-refractivity contribution in [2.24, 2.45) is 5.92 Å². The van der Waals surface area contributed by atoms with Gasteiger partial charge in [-0.15, -0.1) is 0 Å². The maximum atomic E-state index is 13.9. The largest absolute Gasteiger partial charge is 0.497 e. The molecule has 0 bridgehead atoms. The Labute approximate surface area is 199 Å². The van der Waals surface area contributed by atoms with Crippen molar-refractivity contribution in [3.05, 3.63) is 65.7 Å². The van der Waals surface area contributed by atoms with E-state index in [1.165, 1.54) is 20.3 Å². The van der Waals surface area contributed by atoms with Crippen LogP contribution in [0.15, 0.2) is 54.6 Å². The molecular formula is C24H24F3NO5S. The van der Waals surface area contributed by atoms with Gasteiger partial charge in [0.15, 0.2) is 0 Å². The molecule has 10 heteroatoms. The summed E-state index contributed by atoms with van der Waals surface area (Å²) in [7, 11) is 2.95. The van der Waals surface area contributed by atoms with Gasteiger partial charge in [-0.3, -0.25) is 4.79 Å². The number of carbonyl (C=O) groups is 2. The number of carboxylic acids is 1. The summed E-state index contributed by atoms with van der Waals surface area (Å²) < 4.78 is 51.9. The van der Waals surface area contributed by atoms with Gasteiger partial charge in [-0.05, 0) is 35.4 Å². The summed E-state index contributed by atoms with van der Waals surface area (Å²) in [5.41, 5.74) is 1.73. The molecule has 0 fully saturated rings. The highest BCUT2D eigenvalue weighted by atomic mass is 32.2. The fourth-order valence-electron chi connectivity index (χ4n) is 3.64. The first kappa shape index (κ1) is 25.5. The minimum absolute atomic E-state index is 0.258. The Kier molecular flexibility index (Phi) is 8.14. The van der Waals surface area contributed by atoms with E-state index < -0.39 is 35.8 Å². The number of aliphatic carboxylic acids is 1. The summed E-state index contributed by atoms with van der Waals surface area (Å²) in [5.74, 6) is -4.19. The third-order valence-corrected chi connectivity index (χ3v) is 6.54. The molecule has 0 aromatic heterocycles. The summed E-state index contributed by atoms with van der Waals surface area (Å²) in [4.78, 5) is 25.6. The number of nitrogens with zero attached hydrogens (tertiary/aromatic N) is 1. The van der Waals surface area contributed by atoms with E-state index >= 15 is 0 Å². The van der Waals surface area contributed by atoms with Crippen LogP contribution in [0.2, 0.25) is 0 Å². The Hall–Kier alpha value is -3.14. The molecule has 3 rings (SSSR count). The normalized spacial score (nSPS) is 16.7. The third-order valence-electron chi connectivity index (χ3n) is 5.43. The summed E-state index contributed by atoms with van der Waals surface area (Å²) in [5, 5.41) is 9.61. The number of rotatable bonds is 9. The lowest BCUT2D eigenvalue weighted by atomic mass is 10.1. The first-order valence-electron chi connectivity index (χ1n) is 10.3. The highest BCUT2D eigenvalue weighted by Gasteiger charge is 2.49. The summed E-state index contributed by atoms with van der Waals surface area (Å²) in [6.07, 6.45) is -3.52. The minimum atomic E-state index is -4.82. The number of amides is 1. The number of hydrogen-bond acceptors (Lipinski definition) is 5. The van der Waals surface area contributed by atoms with Crippen LogP contribution >= 0.6 is 11.8 Å². The van der Waals surface area contributed by atoms with E-state index in [4.69, 9.17) is 9.47 Å². The zero-order chi connectivity index (χ0) is 24.9. The molecule has 1 aliphatic rings. The van der Waals surface area contributed by atoms with E-state index in [2.05, 4.69) is 0 Å². The number of halogens is 3. The second-order valence-corrected chi connectivity index (χ2v) is 8.63. The van der Waals surface area contributed by atoms with E-state index in [9.17, 15) is 27.9 Å². The smallest absolute Gasteiger partial charge is 0.401 e. The maximum absolute atomic E-state index is 13.9. The second kappa shape index (κ2) is 10.9. The molecule has 2 unspecified atom stereocenters. The van der Waals surface area contributed by atoms with Gasteiger partial charge >= 0.3 is 12.1 Å². The molecule has 2 aromatic carbocycles. The van der Waals surface area contributed by atoms with Crippen LogP contribution in [0, 0.1) is 5.92 Å². The van der Waals surface area contributed by atoms with Crippen molar-refractivity contribution >= 4 is 29.2 Å². The fraction of sp³-hybridized carbons (Fsp3) is 0.333. The van der Waals surface area contributed by atoms with Gasteiger partial charge in [0.1, 0.15) is 23.5 Å². The average molecular weight is 496 g/mol. The van der Waals surface area contributed by atoms with Crippen molar-refractivity contribution in [2.75, 3.05) is 26.5 Å². The van der Waals surface area contributed by atoms with Crippen LogP contribution in [0.1, 0.15) is 11.1 Å². The topological polar surface area (TPSA) is 76.1 Å². The fourth-order valence-corrected chi connectivity index (χ4v) is 4.76. The standard InChI is InChI=1S/C24H24F3NO5S/c1-32-17-9-7-15(8-10-17)13-34-14-19(24(25,26)27)22(29)28-12-16(11-20(28)23(30)31)18-5-3-4-6-21(18)33-2/h3-11,19-20H,12-14H2,1-2H3,(H,30,31). The van der Waals surface area contributed by atoms with E-state index in [-0.39, 0.29) is 12.3 Å². The van der Waals surface area contributed by atoms with Crippen LogP contribution in [0.5, 0.6) is 11.5 Å². The van der Waals surface area contributed by atoms with Gasteiger partial charge in [0, 0.05) is 23.6 Å². The van der Waals surface area contributed by atoms with Crippen molar-refractivity contribution in [3.63, 3.8) is 0 Å². The molecule has 182 valence electrons. The summed E-state index contributed by atoms with van der Waals surface area (Å²) in [6.45, 7) is -0.258. The number of alkyl halides is 3.